The lowest BCUT2D eigenvalue weighted by atomic mass is 9.96. The Hall–Kier alpha value is -1.35. The molecule has 0 bridgehead atoms. The summed E-state index contributed by atoms with van der Waals surface area (Å²) in [6, 6.07) is 5.41. The molecule has 1 saturated heterocycles. The van der Waals surface area contributed by atoms with Crippen LogP contribution in [0.5, 0.6) is 0 Å². The van der Waals surface area contributed by atoms with Gasteiger partial charge in [-0.1, -0.05) is 13.5 Å². The van der Waals surface area contributed by atoms with E-state index >= 15 is 0 Å². The molecule has 104 valence electrons. The van der Waals surface area contributed by atoms with Gasteiger partial charge < -0.3 is 10.2 Å². The molecule has 1 aromatic carbocycles. The van der Waals surface area contributed by atoms with Gasteiger partial charge in [0, 0.05) is 30.9 Å². The maximum Gasteiger partial charge on any atom is 0.125 e. The maximum atomic E-state index is 13.2. The average Bonchev–Trinajstić information content (AvgIpc) is 2.67. The van der Waals surface area contributed by atoms with E-state index in [2.05, 4.69) is 30.8 Å². The fourth-order valence-electron chi connectivity index (χ4n) is 3.02. The molecule has 3 heteroatoms. The summed E-state index contributed by atoms with van der Waals surface area (Å²) in [5, 5.41) is 3.05. The first-order chi connectivity index (χ1) is 9.01. The van der Waals surface area contributed by atoms with Crippen molar-refractivity contribution in [1.29, 1.82) is 0 Å². The van der Waals surface area contributed by atoms with Gasteiger partial charge in [0.05, 0.1) is 0 Å². The standard InChI is InChI=1S/C16H23FN2/c1-11-7-14(19(4)10-11)8-12(2)15-6-5-13(17)9-16(15)18-3/h5-6,9,11,14,18H,2,7-8,10H2,1,3-4H3. The number of hydrogen-bond donors (Lipinski definition) is 1. The van der Waals surface area contributed by atoms with Crippen molar-refractivity contribution >= 4 is 11.3 Å². The summed E-state index contributed by atoms with van der Waals surface area (Å²) >= 11 is 0. The van der Waals surface area contributed by atoms with Crippen LogP contribution in [0.2, 0.25) is 0 Å². The molecule has 0 radical (unpaired) electrons. The molecular formula is C16H23FN2. The summed E-state index contributed by atoms with van der Waals surface area (Å²) < 4.78 is 13.2. The van der Waals surface area contributed by atoms with E-state index in [0.717, 1.165) is 35.7 Å². The summed E-state index contributed by atoms with van der Waals surface area (Å²) in [5.41, 5.74) is 2.92. The molecule has 0 aliphatic carbocycles. The number of nitrogens with one attached hydrogen (secondary N) is 1. The van der Waals surface area contributed by atoms with E-state index in [4.69, 9.17) is 0 Å². The first-order valence-electron chi connectivity index (χ1n) is 6.87. The van der Waals surface area contributed by atoms with Crippen LogP contribution in [0.25, 0.3) is 5.57 Å². The summed E-state index contributed by atoms with van der Waals surface area (Å²) in [5.74, 6) is 0.535. The van der Waals surface area contributed by atoms with Gasteiger partial charge in [-0.25, -0.2) is 4.39 Å². The molecule has 1 fully saturated rings. The topological polar surface area (TPSA) is 15.3 Å². The van der Waals surface area contributed by atoms with Crippen LogP contribution in [0.15, 0.2) is 24.8 Å². The summed E-state index contributed by atoms with van der Waals surface area (Å²) in [6.07, 6.45) is 2.16. The average molecular weight is 262 g/mol. The Morgan fingerprint density at radius 1 is 1.53 bits per heavy atom. The quantitative estimate of drug-likeness (QED) is 0.891. The molecule has 1 aromatic rings. The molecule has 2 atom stereocenters. The van der Waals surface area contributed by atoms with Crippen LogP contribution in [0.3, 0.4) is 0 Å². The Labute approximate surface area is 115 Å². The molecule has 0 amide bonds. The second-order valence-electron chi connectivity index (χ2n) is 5.68. The van der Waals surface area contributed by atoms with Gasteiger partial charge in [-0.2, -0.15) is 0 Å². The Morgan fingerprint density at radius 2 is 2.26 bits per heavy atom. The minimum absolute atomic E-state index is 0.215. The second-order valence-corrected chi connectivity index (χ2v) is 5.68. The second kappa shape index (κ2) is 5.74. The number of rotatable bonds is 4. The Balaban J connectivity index is 2.12. The fourth-order valence-corrected chi connectivity index (χ4v) is 3.02. The molecular weight excluding hydrogens is 239 g/mol. The minimum Gasteiger partial charge on any atom is -0.388 e. The molecule has 1 heterocycles. The lowest BCUT2D eigenvalue weighted by Crippen LogP contribution is -2.25. The van der Waals surface area contributed by atoms with E-state index in [-0.39, 0.29) is 5.82 Å². The van der Waals surface area contributed by atoms with Gasteiger partial charge in [0.2, 0.25) is 0 Å². The van der Waals surface area contributed by atoms with Crippen LogP contribution in [0.4, 0.5) is 10.1 Å². The zero-order valence-corrected chi connectivity index (χ0v) is 12.0. The molecule has 0 saturated carbocycles. The third-order valence-electron chi connectivity index (χ3n) is 4.01. The van der Waals surface area contributed by atoms with Crippen molar-refractivity contribution in [2.75, 3.05) is 26.0 Å². The van der Waals surface area contributed by atoms with Gasteiger partial charge in [0.1, 0.15) is 5.82 Å². The first kappa shape index (κ1) is 14.1. The number of hydrogen-bond acceptors (Lipinski definition) is 2. The SMILES string of the molecule is C=C(CC1CC(C)CN1C)c1ccc(F)cc1NC. The number of anilines is 1. The smallest absolute Gasteiger partial charge is 0.125 e. The highest BCUT2D eigenvalue weighted by atomic mass is 19.1. The third kappa shape index (κ3) is 3.16. The Morgan fingerprint density at radius 3 is 2.84 bits per heavy atom. The molecule has 1 aliphatic heterocycles. The highest BCUT2D eigenvalue weighted by molar-refractivity contribution is 5.75. The predicted molar refractivity (Wildman–Crippen MR) is 79.8 cm³/mol. The molecule has 2 nitrogen and oxygen atoms in total. The lowest BCUT2D eigenvalue weighted by Gasteiger charge is -2.21. The van der Waals surface area contributed by atoms with Gasteiger partial charge in [0.15, 0.2) is 0 Å². The number of likely N-dealkylation sites (tertiary alicyclic amines) is 1. The van der Waals surface area contributed by atoms with E-state index < -0.39 is 0 Å². The van der Waals surface area contributed by atoms with E-state index in [0.29, 0.717) is 6.04 Å². The van der Waals surface area contributed by atoms with Crippen molar-refractivity contribution < 1.29 is 4.39 Å². The van der Waals surface area contributed by atoms with Crippen LogP contribution in [-0.2, 0) is 0 Å². The van der Waals surface area contributed by atoms with Gasteiger partial charge in [-0.15, -0.1) is 0 Å². The van der Waals surface area contributed by atoms with Crippen molar-refractivity contribution in [2.24, 2.45) is 5.92 Å². The molecule has 2 rings (SSSR count). The van der Waals surface area contributed by atoms with Crippen molar-refractivity contribution in [2.45, 2.75) is 25.8 Å². The molecule has 19 heavy (non-hydrogen) atoms. The van der Waals surface area contributed by atoms with Crippen molar-refractivity contribution in [3.8, 4) is 0 Å². The van der Waals surface area contributed by atoms with Crippen molar-refractivity contribution in [1.82, 2.24) is 4.90 Å². The van der Waals surface area contributed by atoms with E-state index in [1.165, 1.54) is 18.6 Å². The van der Waals surface area contributed by atoms with E-state index in [9.17, 15) is 4.39 Å². The molecule has 0 aromatic heterocycles. The van der Waals surface area contributed by atoms with E-state index in [1.54, 1.807) is 0 Å². The van der Waals surface area contributed by atoms with Gasteiger partial charge in [0.25, 0.3) is 0 Å². The van der Waals surface area contributed by atoms with E-state index in [1.807, 2.05) is 13.1 Å². The van der Waals surface area contributed by atoms with Crippen LogP contribution in [0, 0.1) is 11.7 Å². The van der Waals surface area contributed by atoms with Crippen molar-refractivity contribution in [3.63, 3.8) is 0 Å². The maximum absolute atomic E-state index is 13.2. The minimum atomic E-state index is -0.215. The molecule has 1 N–H and O–H groups in total. The number of benzene rings is 1. The Bertz CT molecular complexity index is 470. The molecule has 0 spiro atoms. The largest absolute Gasteiger partial charge is 0.388 e. The first-order valence-corrected chi connectivity index (χ1v) is 6.87. The zero-order chi connectivity index (χ0) is 14.0. The van der Waals surface area contributed by atoms with Crippen LogP contribution in [-0.4, -0.2) is 31.6 Å². The summed E-state index contributed by atoms with van der Waals surface area (Å²) in [6.45, 7) is 7.64. The highest BCUT2D eigenvalue weighted by Gasteiger charge is 2.27. The third-order valence-corrected chi connectivity index (χ3v) is 4.01. The number of halogens is 1. The van der Waals surface area contributed by atoms with Crippen molar-refractivity contribution in [3.05, 3.63) is 36.2 Å². The Kier molecular flexibility index (Phi) is 4.25. The lowest BCUT2D eigenvalue weighted by molar-refractivity contribution is 0.312. The van der Waals surface area contributed by atoms with Gasteiger partial charge in [-0.3, -0.25) is 0 Å². The predicted octanol–water partition coefficient (Wildman–Crippen LogP) is 3.61. The number of nitrogens with zero attached hydrogens (tertiary/aromatic N) is 1. The monoisotopic (exact) mass is 262 g/mol. The van der Waals surface area contributed by atoms with Crippen LogP contribution < -0.4 is 5.32 Å². The van der Waals surface area contributed by atoms with Crippen LogP contribution >= 0.6 is 0 Å². The molecule has 1 aliphatic rings. The highest BCUT2D eigenvalue weighted by Crippen LogP contribution is 2.32. The van der Waals surface area contributed by atoms with Gasteiger partial charge in [-0.05, 0) is 49.6 Å². The molecule has 2 unspecified atom stereocenters. The summed E-state index contributed by atoms with van der Waals surface area (Å²) in [7, 11) is 3.99. The normalized spacial score (nSPS) is 23.6. The van der Waals surface area contributed by atoms with Crippen LogP contribution in [0.1, 0.15) is 25.3 Å². The van der Waals surface area contributed by atoms with Gasteiger partial charge >= 0.3 is 0 Å². The zero-order valence-electron chi connectivity index (χ0n) is 12.0. The fraction of sp³-hybridized carbons (Fsp3) is 0.500. The summed E-state index contributed by atoms with van der Waals surface area (Å²) in [4.78, 5) is 2.40.